The largest absolute Gasteiger partial charge is 0.497 e. The number of aryl methyl sites for hydroxylation is 1. The Balaban J connectivity index is 1.52. The molecule has 0 bridgehead atoms. The molecule has 0 atom stereocenters. The molecule has 0 aliphatic heterocycles. The van der Waals surface area contributed by atoms with Crippen LogP contribution in [0.5, 0.6) is 11.5 Å². The Morgan fingerprint density at radius 2 is 1.75 bits per heavy atom. The second kappa shape index (κ2) is 9.08. The van der Waals surface area contributed by atoms with E-state index >= 15 is 0 Å². The van der Waals surface area contributed by atoms with Crippen LogP contribution in [0.4, 0.5) is 0 Å². The van der Waals surface area contributed by atoms with E-state index in [1.165, 1.54) is 0 Å². The molecule has 146 valence electrons. The van der Waals surface area contributed by atoms with Crippen LogP contribution < -0.4 is 9.47 Å². The highest BCUT2D eigenvalue weighted by atomic mass is 16.5. The van der Waals surface area contributed by atoms with Gasteiger partial charge in [-0.25, -0.2) is 4.98 Å². The molecule has 2 aromatic carbocycles. The average Bonchev–Trinajstić information content (AvgIpc) is 3.09. The second-order valence-corrected chi connectivity index (χ2v) is 6.40. The summed E-state index contributed by atoms with van der Waals surface area (Å²) < 4.78 is 16.5. The van der Waals surface area contributed by atoms with Gasteiger partial charge in [0.1, 0.15) is 23.9 Å². The molecule has 0 unspecified atom stereocenters. The maximum atomic E-state index is 12.5. The highest BCUT2D eigenvalue weighted by Crippen LogP contribution is 2.22. The number of carbonyl (C=O) groups is 1. The van der Waals surface area contributed by atoms with Crippen molar-refractivity contribution in [2.45, 2.75) is 13.3 Å². The molecule has 6 nitrogen and oxygen atoms in total. The Hall–Kier alpha value is -3.28. The molecule has 6 heteroatoms. The third-order valence-electron chi connectivity index (χ3n) is 4.41. The third kappa shape index (κ3) is 4.91. The summed E-state index contributed by atoms with van der Waals surface area (Å²) in [5, 5.41) is 0. The first-order chi connectivity index (χ1) is 13.6. The zero-order valence-electron chi connectivity index (χ0n) is 16.3. The standard InChI is InChI=1S/C22H24N2O4/c1-16-20(23-22(28-16)17-7-5-4-6-8-17)15-21(25)24(2)13-14-27-19-11-9-18(26-3)10-12-19/h4-12H,13-15H2,1-3H3. The Morgan fingerprint density at radius 3 is 2.43 bits per heavy atom. The molecular weight excluding hydrogens is 356 g/mol. The SMILES string of the molecule is COc1ccc(OCCN(C)C(=O)Cc2nc(-c3ccccc3)oc2C)cc1. The number of rotatable bonds is 8. The number of nitrogens with zero attached hydrogens (tertiary/aromatic N) is 2. The number of hydrogen-bond donors (Lipinski definition) is 0. The van der Waals surface area contributed by atoms with Gasteiger partial charge < -0.3 is 18.8 Å². The van der Waals surface area contributed by atoms with E-state index < -0.39 is 0 Å². The van der Waals surface area contributed by atoms with E-state index in [0.29, 0.717) is 30.5 Å². The Kier molecular flexibility index (Phi) is 6.32. The average molecular weight is 380 g/mol. The number of aromatic nitrogens is 1. The minimum absolute atomic E-state index is 0.0330. The van der Waals surface area contributed by atoms with Gasteiger partial charge in [-0.05, 0) is 43.3 Å². The van der Waals surface area contributed by atoms with Crippen LogP contribution in [0.2, 0.25) is 0 Å². The molecule has 0 aliphatic rings. The van der Waals surface area contributed by atoms with Gasteiger partial charge >= 0.3 is 0 Å². The van der Waals surface area contributed by atoms with E-state index in [-0.39, 0.29) is 12.3 Å². The van der Waals surface area contributed by atoms with Gasteiger partial charge in [0.2, 0.25) is 11.8 Å². The molecule has 0 spiro atoms. The highest BCUT2D eigenvalue weighted by Gasteiger charge is 2.17. The van der Waals surface area contributed by atoms with Crippen LogP contribution >= 0.6 is 0 Å². The van der Waals surface area contributed by atoms with Crippen molar-refractivity contribution in [1.82, 2.24) is 9.88 Å². The topological polar surface area (TPSA) is 64.8 Å². The summed E-state index contributed by atoms with van der Waals surface area (Å²) in [5.41, 5.74) is 1.55. The molecule has 0 N–H and O–H groups in total. The molecule has 0 saturated heterocycles. The number of ether oxygens (including phenoxy) is 2. The smallest absolute Gasteiger partial charge is 0.228 e. The van der Waals surface area contributed by atoms with E-state index in [1.807, 2.05) is 61.5 Å². The van der Waals surface area contributed by atoms with Crippen LogP contribution in [0.15, 0.2) is 59.0 Å². The minimum Gasteiger partial charge on any atom is -0.497 e. The third-order valence-corrected chi connectivity index (χ3v) is 4.41. The molecule has 0 saturated carbocycles. The maximum absolute atomic E-state index is 12.5. The van der Waals surface area contributed by atoms with Crippen LogP contribution in [-0.4, -0.2) is 43.1 Å². The van der Waals surface area contributed by atoms with Crippen molar-refractivity contribution in [3.63, 3.8) is 0 Å². The first-order valence-corrected chi connectivity index (χ1v) is 9.09. The van der Waals surface area contributed by atoms with Crippen molar-refractivity contribution in [2.24, 2.45) is 0 Å². The van der Waals surface area contributed by atoms with Crippen LogP contribution in [0.25, 0.3) is 11.5 Å². The highest BCUT2D eigenvalue weighted by molar-refractivity contribution is 5.78. The van der Waals surface area contributed by atoms with Gasteiger partial charge in [0, 0.05) is 12.6 Å². The van der Waals surface area contributed by atoms with E-state index in [0.717, 1.165) is 17.1 Å². The van der Waals surface area contributed by atoms with E-state index in [1.54, 1.807) is 19.1 Å². The lowest BCUT2D eigenvalue weighted by molar-refractivity contribution is -0.129. The molecule has 3 aromatic rings. The number of carbonyl (C=O) groups excluding carboxylic acids is 1. The number of oxazole rings is 1. The summed E-state index contributed by atoms with van der Waals surface area (Å²) in [5.74, 6) is 2.68. The summed E-state index contributed by atoms with van der Waals surface area (Å²) >= 11 is 0. The van der Waals surface area contributed by atoms with Gasteiger partial charge in [-0.1, -0.05) is 18.2 Å². The normalized spacial score (nSPS) is 10.5. The summed E-state index contributed by atoms with van der Waals surface area (Å²) in [6, 6.07) is 17.0. The summed E-state index contributed by atoms with van der Waals surface area (Å²) in [7, 11) is 3.38. The number of likely N-dealkylation sites (N-methyl/N-ethyl adjacent to an activating group) is 1. The van der Waals surface area contributed by atoms with E-state index in [2.05, 4.69) is 4.98 Å². The van der Waals surface area contributed by atoms with Gasteiger partial charge in [0.05, 0.1) is 25.8 Å². The monoisotopic (exact) mass is 380 g/mol. The molecule has 28 heavy (non-hydrogen) atoms. The molecule has 0 radical (unpaired) electrons. The van der Waals surface area contributed by atoms with Crippen molar-refractivity contribution in [3.05, 3.63) is 66.1 Å². The van der Waals surface area contributed by atoms with Crippen molar-refractivity contribution in [1.29, 1.82) is 0 Å². The zero-order valence-corrected chi connectivity index (χ0v) is 16.3. The van der Waals surface area contributed by atoms with Crippen molar-refractivity contribution in [3.8, 4) is 23.0 Å². The van der Waals surface area contributed by atoms with Gasteiger partial charge in [0.25, 0.3) is 0 Å². The van der Waals surface area contributed by atoms with Gasteiger partial charge in [-0.15, -0.1) is 0 Å². The lowest BCUT2D eigenvalue weighted by atomic mass is 10.2. The Bertz CT molecular complexity index is 904. The first kappa shape index (κ1) is 19.5. The lowest BCUT2D eigenvalue weighted by Gasteiger charge is -2.17. The fourth-order valence-electron chi connectivity index (χ4n) is 2.67. The molecule has 1 heterocycles. The fourth-order valence-corrected chi connectivity index (χ4v) is 2.67. The maximum Gasteiger partial charge on any atom is 0.228 e. The summed E-state index contributed by atoms with van der Waals surface area (Å²) in [6.45, 7) is 2.71. The molecule has 3 rings (SSSR count). The predicted molar refractivity (Wildman–Crippen MR) is 107 cm³/mol. The Labute approximate surface area is 164 Å². The molecule has 0 fully saturated rings. The van der Waals surface area contributed by atoms with Gasteiger partial charge in [-0.3, -0.25) is 4.79 Å². The van der Waals surface area contributed by atoms with Gasteiger partial charge in [0.15, 0.2) is 0 Å². The molecule has 0 aliphatic carbocycles. The minimum atomic E-state index is -0.0330. The van der Waals surface area contributed by atoms with Crippen molar-refractivity contribution in [2.75, 3.05) is 27.3 Å². The van der Waals surface area contributed by atoms with E-state index in [4.69, 9.17) is 13.9 Å². The van der Waals surface area contributed by atoms with Crippen molar-refractivity contribution >= 4 is 5.91 Å². The molecular formula is C22H24N2O4. The van der Waals surface area contributed by atoms with Crippen LogP contribution in [-0.2, 0) is 11.2 Å². The second-order valence-electron chi connectivity index (χ2n) is 6.40. The van der Waals surface area contributed by atoms with Crippen LogP contribution in [0.1, 0.15) is 11.5 Å². The lowest BCUT2D eigenvalue weighted by Crippen LogP contribution is -2.32. The molecule has 1 aromatic heterocycles. The predicted octanol–water partition coefficient (Wildman–Crippen LogP) is 3.74. The van der Waals surface area contributed by atoms with Crippen LogP contribution in [0.3, 0.4) is 0 Å². The zero-order chi connectivity index (χ0) is 19.9. The number of methoxy groups -OCH3 is 1. The number of amides is 1. The number of hydrogen-bond acceptors (Lipinski definition) is 5. The first-order valence-electron chi connectivity index (χ1n) is 9.09. The quantitative estimate of drug-likeness (QED) is 0.596. The molecule has 1 amide bonds. The summed E-state index contributed by atoms with van der Waals surface area (Å²) in [6.07, 6.45) is 0.196. The van der Waals surface area contributed by atoms with Gasteiger partial charge in [-0.2, -0.15) is 0 Å². The van der Waals surface area contributed by atoms with Crippen molar-refractivity contribution < 1.29 is 18.7 Å². The Morgan fingerprint density at radius 1 is 1.07 bits per heavy atom. The van der Waals surface area contributed by atoms with E-state index in [9.17, 15) is 4.79 Å². The van der Waals surface area contributed by atoms with Crippen LogP contribution in [0, 0.1) is 6.92 Å². The fraction of sp³-hybridized carbons (Fsp3) is 0.273. The summed E-state index contributed by atoms with van der Waals surface area (Å²) in [4.78, 5) is 18.6. The number of benzene rings is 2.